The SMILES string of the molecule is Cc1nc(Cn2c(C(=O)O)c(-n3c(=O)[nH]c4cscc4c3=O)c3cc(C(F)(F)F)ccc32)cs1. The molecule has 0 atom stereocenters. The van der Waals surface area contributed by atoms with Gasteiger partial charge in [0.25, 0.3) is 5.56 Å². The number of rotatable bonds is 4. The summed E-state index contributed by atoms with van der Waals surface area (Å²) < 4.78 is 42.4. The minimum absolute atomic E-state index is 0.0822. The second-order valence-corrected chi connectivity index (χ2v) is 9.25. The van der Waals surface area contributed by atoms with Crippen LogP contribution >= 0.6 is 22.7 Å². The third-order valence-corrected chi connectivity index (χ3v) is 6.88. The van der Waals surface area contributed by atoms with Crippen molar-refractivity contribution < 1.29 is 23.1 Å². The number of hydrogen-bond donors (Lipinski definition) is 2. The second kappa shape index (κ2) is 7.67. The largest absolute Gasteiger partial charge is 0.477 e. The Labute approximate surface area is 195 Å². The average molecular weight is 506 g/mol. The summed E-state index contributed by atoms with van der Waals surface area (Å²) in [4.78, 5) is 45.3. The Bertz CT molecular complexity index is 1720. The lowest BCUT2D eigenvalue weighted by Gasteiger charge is -2.08. The predicted octanol–water partition coefficient (Wildman–Crippen LogP) is 4.23. The Balaban J connectivity index is 1.93. The number of aryl methyl sites for hydroxylation is 1. The molecule has 0 bridgehead atoms. The number of halogens is 3. The Morgan fingerprint density at radius 2 is 1.94 bits per heavy atom. The van der Waals surface area contributed by atoms with Crippen LogP contribution in [0.15, 0.2) is 43.9 Å². The van der Waals surface area contributed by atoms with E-state index in [0.29, 0.717) is 10.3 Å². The Morgan fingerprint density at radius 3 is 2.59 bits per heavy atom. The molecule has 5 aromatic rings. The zero-order valence-corrected chi connectivity index (χ0v) is 18.8. The summed E-state index contributed by atoms with van der Waals surface area (Å²) in [6, 6.07) is 2.72. The summed E-state index contributed by atoms with van der Waals surface area (Å²) in [6.45, 7) is 1.68. The third kappa shape index (κ3) is 3.44. The molecule has 0 spiro atoms. The van der Waals surface area contributed by atoms with Crippen LogP contribution in [0.4, 0.5) is 13.2 Å². The van der Waals surface area contributed by atoms with Crippen molar-refractivity contribution in [3.63, 3.8) is 0 Å². The van der Waals surface area contributed by atoms with Crippen LogP contribution in [0.1, 0.15) is 26.8 Å². The highest BCUT2D eigenvalue weighted by Gasteiger charge is 2.33. The first-order chi connectivity index (χ1) is 16.1. The molecule has 34 heavy (non-hydrogen) atoms. The van der Waals surface area contributed by atoms with Crippen LogP contribution in [0.5, 0.6) is 0 Å². The van der Waals surface area contributed by atoms with Gasteiger partial charge in [-0.3, -0.25) is 4.79 Å². The number of carboxylic acid groups (broad SMARTS) is 1. The number of nitrogens with one attached hydrogen (secondary N) is 1. The van der Waals surface area contributed by atoms with E-state index < -0.39 is 40.3 Å². The fraction of sp³-hybridized carbons (Fsp3) is 0.143. The molecule has 0 amide bonds. The number of aromatic amines is 1. The number of thiophene rings is 1. The van der Waals surface area contributed by atoms with E-state index in [1.54, 1.807) is 12.3 Å². The lowest BCUT2D eigenvalue weighted by atomic mass is 10.1. The highest BCUT2D eigenvalue weighted by molar-refractivity contribution is 7.09. The lowest BCUT2D eigenvalue weighted by molar-refractivity contribution is -0.137. The Morgan fingerprint density at radius 1 is 1.18 bits per heavy atom. The fourth-order valence-corrected chi connectivity index (χ4v) is 5.27. The third-order valence-electron chi connectivity index (χ3n) is 5.32. The molecule has 0 aliphatic carbocycles. The van der Waals surface area contributed by atoms with Crippen LogP contribution in [0.3, 0.4) is 0 Å². The van der Waals surface area contributed by atoms with E-state index in [0.717, 1.165) is 34.5 Å². The number of fused-ring (bicyclic) bond motifs is 2. The van der Waals surface area contributed by atoms with E-state index in [-0.39, 0.29) is 28.4 Å². The number of carbonyl (C=O) groups is 1. The van der Waals surface area contributed by atoms with Gasteiger partial charge in [0, 0.05) is 21.5 Å². The molecule has 0 radical (unpaired) electrons. The zero-order chi connectivity index (χ0) is 24.4. The van der Waals surface area contributed by atoms with E-state index in [1.165, 1.54) is 26.7 Å². The molecule has 0 unspecified atom stereocenters. The molecule has 174 valence electrons. The van der Waals surface area contributed by atoms with Crippen molar-refractivity contribution in [2.75, 3.05) is 0 Å². The second-order valence-electron chi connectivity index (χ2n) is 7.45. The van der Waals surface area contributed by atoms with Crippen molar-refractivity contribution in [3.05, 3.63) is 77.1 Å². The molecule has 2 N–H and O–H groups in total. The number of aromatic carboxylic acids is 1. The van der Waals surface area contributed by atoms with Gasteiger partial charge in [-0.05, 0) is 25.1 Å². The highest BCUT2D eigenvalue weighted by atomic mass is 32.1. The summed E-state index contributed by atoms with van der Waals surface area (Å²) in [5.74, 6) is -1.51. The first kappa shape index (κ1) is 22.1. The quantitative estimate of drug-likeness (QED) is 0.379. The molecule has 0 saturated carbocycles. The van der Waals surface area contributed by atoms with E-state index in [9.17, 15) is 32.7 Å². The van der Waals surface area contributed by atoms with Gasteiger partial charge in [-0.25, -0.2) is 19.1 Å². The first-order valence-electron chi connectivity index (χ1n) is 9.65. The number of alkyl halides is 3. The normalized spacial score (nSPS) is 12.1. The van der Waals surface area contributed by atoms with E-state index >= 15 is 0 Å². The van der Waals surface area contributed by atoms with Gasteiger partial charge in [0.05, 0.1) is 44.9 Å². The van der Waals surface area contributed by atoms with Crippen LogP contribution < -0.4 is 11.2 Å². The minimum atomic E-state index is -4.72. The van der Waals surface area contributed by atoms with Crippen LogP contribution in [0.25, 0.3) is 27.5 Å². The van der Waals surface area contributed by atoms with Gasteiger partial charge in [-0.2, -0.15) is 13.2 Å². The number of benzene rings is 1. The standard InChI is InChI=1S/C21H13F3N4O4S2/c1-9-25-11(6-34-9)5-27-15-3-2-10(21(22,23)24)4-12(15)16(17(27)19(30)31)28-18(29)13-7-33-8-14(13)26-20(28)32/h2-4,6-8H,5H2,1H3,(H,26,32)(H,30,31). The van der Waals surface area contributed by atoms with Gasteiger partial charge in [0.1, 0.15) is 0 Å². The smallest absolute Gasteiger partial charge is 0.416 e. The maximum absolute atomic E-state index is 13.5. The summed E-state index contributed by atoms with van der Waals surface area (Å²) in [6.07, 6.45) is -4.72. The van der Waals surface area contributed by atoms with E-state index in [4.69, 9.17) is 0 Å². The molecule has 13 heteroatoms. The van der Waals surface area contributed by atoms with Crippen molar-refractivity contribution in [1.29, 1.82) is 0 Å². The van der Waals surface area contributed by atoms with E-state index in [2.05, 4.69) is 9.97 Å². The molecule has 4 heterocycles. The molecule has 4 aromatic heterocycles. The highest BCUT2D eigenvalue weighted by Crippen LogP contribution is 2.36. The topological polar surface area (TPSA) is 110 Å². The summed E-state index contributed by atoms with van der Waals surface area (Å²) in [5.41, 5.74) is -2.90. The molecule has 1 aromatic carbocycles. The summed E-state index contributed by atoms with van der Waals surface area (Å²) >= 11 is 2.48. The maximum Gasteiger partial charge on any atom is 0.416 e. The molecular formula is C21H13F3N4O4S2. The fourth-order valence-electron chi connectivity index (χ4n) is 3.91. The number of nitrogens with zero attached hydrogens (tertiary/aromatic N) is 3. The van der Waals surface area contributed by atoms with Gasteiger partial charge < -0.3 is 14.7 Å². The molecule has 0 saturated heterocycles. The number of thiazole rings is 1. The van der Waals surface area contributed by atoms with Crippen LogP contribution in [-0.4, -0.2) is 30.2 Å². The summed E-state index contributed by atoms with van der Waals surface area (Å²) in [5, 5.41) is 15.4. The molecule has 5 rings (SSSR count). The van der Waals surface area contributed by atoms with Gasteiger partial charge in [-0.1, -0.05) is 0 Å². The van der Waals surface area contributed by atoms with Crippen molar-refractivity contribution in [2.24, 2.45) is 0 Å². The van der Waals surface area contributed by atoms with Crippen molar-refractivity contribution in [1.82, 2.24) is 19.1 Å². The predicted molar refractivity (Wildman–Crippen MR) is 121 cm³/mol. The molecule has 8 nitrogen and oxygen atoms in total. The van der Waals surface area contributed by atoms with Crippen LogP contribution in [-0.2, 0) is 12.7 Å². The van der Waals surface area contributed by atoms with Crippen LogP contribution in [0, 0.1) is 6.92 Å². The number of carboxylic acids is 1. The van der Waals surface area contributed by atoms with Crippen molar-refractivity contribution in [2.45, 2.75) is 19.6 Å². The van der Waals surface area contributed by atoms with Crippen molar-refractivity contribution >= 4 is 50.4 Å². The van der Waals surface area contributed by atoms with Gasteiger partial charge in [-0.15, -0.1) is 22.7 Å². The number of H-pyrrole nitrogens is 1. The lowest BCUT2D eigenvalue weighted by Crippen LogP contribution is -2.34. The number of aromatic nitrogens is 4. The summed E-state index contributed by atoms with van der Waals surface area (Å²) in [7, 11) is 0. The van der Waals surface area contributed by atoms with Gasteiger partial charge in [0.15, 0.2) is 5.69 Å². The molecule has 0 fully saturated rings. The first-order valence-corrected chi connectivity index (χ1v) is 11.5. The Kier molecular flexibility index (Phi) is 4.98. The number of hydrogen-bond acceptors (Lipinski definition) is 6. The zero-order valence-electron chi connectivity index (χ0n) is 17.1. The van der Waals surface area contributed by atoms with Crippen LogP contribution in [0.2, 0.25) is 0 Å². The Hall–Kier alpha value is -3.71. The van der Waals surface area contributed by atoms with Gasteiger partial charge >= 0.3 is 17.8 Å². The molecular weight excluding hydrogens is 493 g/mol. The van der Waals surface area contributed by atoms with E-state index in [1.807, 2.05) is 0 Å². The average Bonchev–Trinajstić information content (AvgIpc) is 3.46. The monoisotopic (exact) mass is 506 g/mol. The molecule has 0 aliphatic heterocycles. The van der Waals surface area contributed by atoms with Crippen molar-refractivity contribution in [3.8, 4) is 5.69 Å². The van der Waals surface area contributed by atoms with Gasteiger partial charge in [0.2, 0.25) is 0 Å². The minimum Gasteiger partial charge on any atom is -0.477 e. The maximum atomic E-state index is 13.5. The molecule has 0 aliphatic rings.